The maximum absolute atomic E-state index is 11.1. The number of benzene rings is 1. The maximum Gasteiger partial charge on any atom is 0.221 e. The Bertz CT molecular complexity index is 437. The number of primary amides is 1. The Kier molecular flexibility index (Phi) is 3.92. The second-order valence-electron chi connectivity index (χ2n) is 4.34. The van der Waals surface area contributed by atoms with Crippen molar-refractivity contribution in [3.05, 3.63) is 33.8 Å². The monoisotopic (exact) mass is 272 g/mol. The smallest absolute Gasteiger partial charge is 0.221 e. The van der Waals surface area contributed by atoms with Crippen molar-refractivity contribution in [1.82, 2.24) is 4.90 Å². The number of likely N-dealkylation sites (tertiary alicyclic amines) is 1. The molecular weight excluding hydrogens is 259 g/mol. The minimum Gasteiger partial charge on any atom is -0.369 e. The van der Waals surface area contributed by atoms with E-state index in [-0.39, 0.29) is 11.8 Å². The average Bonchev–Trinajstić information content (AvgIpc) is 2.73. The van der Waals surface area contributed by atoms with E-state index in [2.05, 4.69) is 4.90 Å². The van der Waals surface area contributed by atoms with Crippen molar-refractivity contribution >= 4 is 29.1 Å². The number of halogens is 2. The van der Waals surface area contributed by atoms with Crippen LogP contribution in [-0.2, 0) is 11.3 Å². The molecule has 92 valence electrons. The summed E-state index contributed by atoms with van der Waals surface area (Å²) in [5.74, 6) is -0.252. The molecular formula is C12H14Cl2N2O. The first-order valence-corrected chi connectivity index (χ1v) is 6.28. The Morgan fingerprint density at radius 1 is 1.47 bits per heavy atom. The maximum atomic E-state index is 11.1. The van der Waals surface area contributed by atoms with Crippen LogP contribution in [0.25, 0.3) is 0 Å². The fourth-order valence-electron chi connectivity index (χ4n) is 2.12. The van der Waals surface area contributed by atoms with Crippen LogP contribution in [0, 0.1) is 5.92 Å². The number of hydrogen-bond acceptors (Lipinski definition) is 2. The summed E-state index contributed by atoms with van der Waals surface area (Å²) in [7, 11) is 0. The van der Waals surface area contributed by atoms with Crippen LogP contribution in [0.4, 0.5) is 0 Å². The van der Waals surface area contributed by atoms with Gasteiger partial charge in [0.05, 0.1) is 16.0 Å². The van der Waals surface area contributed by atoms with Gasteiger partial charge in [-0.15, -0.1) is 0 Å². The van der Waals surface area contributed by atoms with Crippen LogP contribution < -0.4 is 5.73 Å². The van der Waals surface area contributed by atoms with Gasteiger partial charge in [-0.2, -0.15) is 0 Å². The summed E-state index contributed by atoms with van der Waals surface area (Å²) in [6, 6.07) is 5.60. The van der Waals surface area contributed by atoms with Gasteiger partial charge in [0.15, 0.2) is 0 Å². The summed E-state index contributed by atoms with van der Waals surface area (Å²) in [5.41, 5.74) is 6.28. The van der Waals surface area contributed by atoms with Gasteiger partial charge in [-0.05, 0) is 24.6 Å². The highest BCUT2D eigenvalue weighted by Crippen LogP contribution is 2.28. The van der Waals surface area contributed by atoms with Crippen molar-refractivity contribution in [2.24, 2.45) is 11.7 Å². The summed E-state index contributed by atoms with van der Waals surface area (Å²) < 4.78 is 0. The summed E-state index contributed by atoms with van der Waals surface area (Å²) in [4.78, 5) is 13.2. The standard InChI is InChI=1S/C12H14Cl2N2O/c13-10-3-1-2-8(11(10)14)6-16-5-4-9(7-16)12(15)17/h1-3,9H,4-7H2,(H2,15,17)/t9-/m0/s1. The molecule has 0 aromatic heterocycles. The predicted molar refractivity (Wildman–Crippen MR) is 69.0 cm³/mol. The van der Waals surface area contributed by atoms with E-state index in [4.69, 9.17) is 28.9 Å². The molecule has 17 heavy (non-hydrogen) atoms. The summed E-state index contributed by atoms with van der Waals surface area (Å²) in [6.45, 7) is 2.29. The molecule has 1 aliphatic heterocycles. The van der Waals surface area contributed by atoms with Gasteiger partial charge in [-0.3, -0.25) is 9.69 Å². The number of rotatable bonds is 3. The molecule has 1 amide bonds. The zero-order valence-electron chi connectivity index (χ0n) is 9.33. The molecule has 5 heteroatoms. The SMILES string of the molecule is NC(=O)[C@H]1CCN(Cc2cccc(Cl)c2Cl)C1. The highest BCUT2D eigenvalue weighted by atomic mass is 35.5. The lowest BCUT2D eigenvalue weighted by atomic mass is 10.1. The molecule has 0 radical (unpaired) electrons. The summed E-state index contributed by atoms with van der Waals surface area (Å²) in [5, 5.41) is 1.16. The van der Waals surface area contributed by atoms with Crippen molar-refractivity contribution < 1.29 is 4.79 Å². The molecule has 0 aliphatic carbocycles. The zero-order chi connectivity index (χ0) is 12.4. The highest BCUT2D eigenvalue weighted by Gasteiger charge is 2.26. The Labute approximate surface area is 110 Å². The number of carbonyl (C=O) groups excluding carboxylic acids is 1. The molecule has 3 nitrogen and oxygen atoms in total. The minimum atomic E-state index is -0.218. The first kappa shape index (κ1) is 12.7. The van der Waals surface area contributed by atoms with E-state index in [0.29, 0.717) is 23.1 Å². The van der Waals surface area contributed by atoms with Crippen molar-refractivity contribution in [1.29, 1.82) is 0 Å². The fourth-order valence-corrected chi connectivity index (χ4v) is 2.50. The third kappa shape index (κ3) is 2.92. The van der Waals surface area contributed by atoms with Crippen molar-refractivity contribution in [2.75, 3.05) is 13.1 Å². The van der Waals surface area contributed by atoms with E-state index >= 15 is 0 Å². The molecule has 0 saturated carbocycles. The van der Waals surface area contributed by atoms with Gasteiger partial charge in [0.1, 0.15) is 0 Å². The summed E-state index contributed by atoms with van der Waals surface area (Å²) >= 11 is 12.1. The second-order valence-corrected chi connectivity index (χ2v) is 5.12. The van der Waals surface area contributed by atoms with Crippen LogP contribution in [-0.4, -0.2) is 23.9 Å². The molecule has 0 spiro atoms. The molecule has 1 atom stereocenters. The molecule has 0 bridgehead atoms. The number of amides is 1. The van der Waals surface area contributed by atoms with Crippen molar-refractivity contribution in [3.8, 4) is 0 Å². The van der Waals surface area contributed by atoms with E-state index in [1.165, 1.54) is 0 Å². The van der Waals surface area contributed by atoms with E-state index < -0.39 is 0 Å². The van der Waals surface area contributed by atoms with E-state index in [9.17, 15) is 4.79 Å². The Hall–Kier alpha value is -0.770. The van der Waals surface area contributed by atoms with Crippen molar-refractivity contribution in [3.63, 3.8) is 0 Å². The van der Waals surface area contributed by atoms with Crippen LogP contribution in [0.3, 0.4) is 0 Å². The van der Waals surface area contributed by atoms with Crippen LogP contribution in [0.15, 0.2) is 18.2 Å². The van der Waals surface area contributed by atoms with Crippen molar-refractivity contribution in [2.45, 2.75) is 13.0 Å². The number of hydrogen-bond donors (Lipinski definition) is 1. The van der Waals surface area contributed by atoms with Gasteiger partial charge in [0.25, 0.3) is 0 Å². The van der Waals surface area contributed by atoms with Gasteiger partial charge in [0.2, 0.25) is 5.91 Å². The topological polar surface area (TPSA) is 46.3 Å². The molecule has 1 saturated heterocycles. The average molecular weight is 273 g/mol. The largest absolute Gasteiger partial charge is 0.369 e. The molecule has 1 aliphatic rings. The van der Waals surface area contributed by atoms with Gasteiger partial charge in [-0.1, -0.05) is 35.3 Å². The quantitative estimate of drug-likeness (QED) is 0.918. The van der Waals surface area contributed by atoms with Crippen LogP contribution in [0.2, 0.25) is 10.0 Å². The number of nitrogens with two attached hydrogens (primary N) is 1. The molecule has 0 unspecified atom stereocenters. The third-order valence-corrected chi connectivity index (χ3v) is 3.96. The second kappa shape index (κ2) is 5.25. The predicted octanol–water partition coefficient (Wildman–Crippen LogP) is 2.30. The Morgan fingerprint density at radius 2 is 2.24 bits per heavy atom. The van der Waals surface area contributed by atoms with E-state index in [1.807, 2.05) is 12.1 Å². The molecule has 1 aromatic carbocycles. The van der Waals surface area contributed by atoms with Crippen LogP contribution in [0.5, 0.6) is 0 Å². The first-order chi connectivity index (χ1) is 8.08. The lowest BCUT2D eigenvalue weighted by molar-refractivity contribution is -0.121. The van der Waals surface area contributed by atoms with E-state index in [1.54, 1.807) is 6.07 Å². The van der Waals surface area contributed by atoms with E-state index in [0.717, 1.165) is 18.5 Å². The van der Waals surface area contributed by atoms with Gasteiger partial charge >= 0.3 is 0 Å². The lowest BCUT2D eigenvalue weighted by Crippen LogP contribution is -2.27. The third-order valence-electron chi connectivity index (χ3n) is 3.10. The van der Waals surface area contributed by atoms with Gasteiger partial charge < -0.3 is 5.73 Å². The molecule has 1 heterocycles. The first-order valence-electron chi connectivity index (χ1n) is 5.52. The number of nitrogens with zero attached hydrogens (tertiary/aromatic N) is 1. The Balaban J connectivity index is 2.03. The molecule has 2 N–H and O–H groups in total. The Morgan fingerprint density at radius 3 is 2.88 bits per heavy atom. The summed E-state index contributed by atoms with van der Waals surface area (Å²) in [6.07, 6.45) is 0.827. The van der Waals surface area contributed by atoms with Crippen LogP contribution in [0.1, 0.15) is 12.0 Å². The highest BCUT2D eigenvalue weighted by molar-refractivity contribution is 6.42. The fraction of sp³-hybridized carbons (Fsp3) is 0.417. The number of carbonyl (C=O) groups is 1. The van der Waals surface area contributed by atoms with Gasteiger partial charge in [0, 0.05) is 13.1 Å². The lowest BCUT2D eigenvalue weighted by Gasteiger charge is -2.16. The molecule has 2 rings (SSSR count). The normalized spacial score (nSPS) is 20.7. The van der Waals surface area contributed by atoms with Crippen LogP contribution >= 0.6 is 23.2 Å². The van der Waals surface area contributed by atoms with Gasteiger partial charge in [-0.25, -0.2) is 0 Å². The molecule has 1 fully saturated rings. The molecule has 1 aromatic rings. The minimum absolute atomic E-state index is 0.0343. The zero-order valence-corrected chi connectivity index (χ0v) is 10.8.